The van der Waals surface area contributed by atoms with Crippen molar-refractivity contribution in [2.45, 2.75) is 25.4 Å². The summed E-state index contributed by atoms with van der Waals surface area (Å²) >= 11 is 0. The molecule has 2 rings (SSSR count). The quantitative estimate of drug-likeness (QED) is 0.880. The number of benzene rings is 2. The van der Waals surface area contributed by atoms with Gasteiger partial charge < -0.3 is 14.9 Å². The number of aromatic hydroxyl groups is 1. The SMILES string of the molecule is COc1ccc(CC(C)(O)Cc2cccc(O)c2)cc1. The Morgan fingerprint density at radius 2 is 1.65 bits per heavy atom. The minimum absolute atomic E-state index is 0.225. The van der Waals surface area contributed by atoms with Crippen LogP contribution < -0.4 is 4.74 Å². The van der Waals surface area contributed by atoms with Gasteiger partial charge in [-0.2, -0.15) is 0 Å². The van der Waals surface area contributed by atoms with Crippen molar-refractivity contribution >= 4 is 0 Å². The Morgan fingerprint density at radius 1 is 1.00 bits per heavy atom. The van der Waals surface area contributed by atoms with Gasteiger partial charge in [0, 0.05) is 12.8 Å². The lowest BCUT2D eigenvalue weighted by molar-refractivity contribution is 0.0608. The van der Waals surface area contributed by atoms with Gasteiger partial charge in [0.25, 0.3) is 0 Å². The van der Waals surface area contributed by atoms with E-state index >= 15 is 0 Å². The second-order valence-electron chi connectivity index (χ2n) is 5.37. The number of hydrogen-bond donors (Lipinski definition) is 2. The van der Waals surface area contributed by atoms with Crippen molar-refractivity contribution in [3.8, 4) is 11.5 Å². The summed E-state index contributed by atoms with van der Waals surface area (Å²) in [5.41, 5.74) is 1.11. The Labute approximate surface area is 119 Å². The number of phenolic OH excluding ortho intramolecular Hbond substituents is 1. The molecular formula is C17H20O3. The second-order valence-corrected chi connectivity index (χ2v) is 5.37. The first-order valence-corrected chi connectivity index (χ1v) is 6.62. The van der Waals surface area contributed by atoms with Crippen molar-refractivity contribution in [3.63, 3.8) is 0 Å². The molecule has 0 heterocycles. The van der Waals surface area contributed by atoms with Crippen LogP contribution >= 0.6 is 0 Å². The van der Waals surface area contributed by atoms with Crippen LogP contribution in [0, 0.1) is 0 Å². The average molecular weight is 272 g/mol. The molecule has 0 saturated heterocycles. The Morgan fingerprint density at radius 3 is 2.25 bits per heavy atom. The van der Waals surface area contributed by atoms with E-state index in [1.54, 1.807) is 32.2 Å². The van der Waals surface area contributed by atoms with Crippen LogP contribution in [0.5, 0.6) is 11.5 Å². The lowest BCUT2D eigenvalue weighted by atomic mass is 9.90. The van der Waals surface area contributed by atoms with Crippen molar-refractivity contribution in [2.75, 3.05) is 7.11 Å². The number of methoxy groups -OCH3 is 1. The molecule has 0 amide bonds. The molecule has 3 heteroatoms. The first-order chi connectivity index (χ1) is 9.48. The van der Waals surface area contributed by atoms with Crippen molar-refractivity contribution < 1.29 is 14.9 Å². The summed E-state index contributed by atoms with van der Waals surface area (Å²) in [5.74, 6) is 1.03. The van der Waals surface area contributed by atoms with Crippen molar-refractivity contribution in [3.05, 3.63) is 59.7 Å². The minimum atomic E-state index is -0.859. The van der Waals surface area contributed by atoms with Gasteiger partial charge in [0.05, 0.1) is 12.7 Å². The molecule has 0 saturated carbocycles. The molecule has 3 nitrogen and oxygen atoms in total. The molecule has 0 aliphatic carbocycles. The summed E-state index contributed by atoms with van der Waals surface area (Å²) in [4.78, 5) is 0. The number of phenols is 1. The number of rotatable bonds is 5. The molecule has 1 atom stereocenters. The maximum Gasteiger partial charge on any atom is 0.118 e. The normalized spacial score (nSPS) is 13.8. The average Bonchev–Trinajstić information content (AvgIpc) is 2.38. The summed E-state index contributed by atoms with van der Waals surface area (Å²) in [7, 11) is 1.63. The molecule has 106 valence electrons. The monoisotopic (exact) mass is 272 g/mol. The highest BCUT2D eigenvalue weighted by atomic mass is 16.5. The van der Waals surface area contributed by atoms with Crippen LogP contribution in [0.25, 0.3) is 0 Å². The Balaban J connectivity index is 2.06. The predicted octanol–water partition coefficient (Wildman–Crippen LogP) is 2.94. The number of ether oxygens (including phenoxy) is 1. The zero-order valence-electron chi connectivity index (χ0n) is 11.8. The van der Waals surface area contributed by atoms with Gasteiger partial charge in [-0.3, -0.25) is 0 Å². The molecular weight excluding hydrogens is 252 g/mol. The number of aliphatic hydroxyl groups is 1. The molecule has 20 heavy (non-hydrogen) atoms. The summed E-state index contributed by atoms with van der Waals surface area (Å²) in [6.07, 6.45) is 1.04. The summed E-state index contributed by atoms with van der Waals surface area (Å²) in [6, 6.07) is 14.7. The van der Waals surface area contributed by atoms with Crippen LogP contribution in [-0.2, 0) is 12.8 Å². The van der Waals surface area contributed by atoms with E-state index in [1.165, 1.54) is 0 Å². The van der Waals surface area contributed by atoms with E-state index in [9.17, 15) is 10.2 Å². The van der Waals surface area contributed by atoms with E-state index < -0.39 is 5.60 Å². The maximum absolute atomic E-state index is 10.5. The van der Waals surface area contributed by atoms with Gasteiger partial charge in [0.1, 0.15) is 11.5 Å². The van der Waals surface area contributed by atoms with Crippen LogP contribution in [0.4, 0.5) is 0 Å². The van der Waals surface area contributed by atoms with E-state index in [0.717, 1.165) is 16.9 Å². The van der Waals surface area contributed by atoms with Crippen LogP contribution in [0.1, 0.15) is 18.1 Å². The van der Waals surface area contributed by atoms with Gasteiger partial charge in [-0.1, -0.05) is 24.3 Å². The largest absolute Gasteiger partial charge is 0.508 e. The third-order valence-electron chi connectivity index (χ3n) is 3.24. The lowest BCUT2D eigenvalue weighted by Gasteiger charge is -2.23. The van der Waals surface area contributed by atoms with Crippen molar-refractivity contribution in [1.29, 1.82) is 0 Å². The molecule has 0 radical (unpaired) electrons. The predicted molar refractivity (Wildman–Crippen MR) is 79.1 cm³/mol. The molecule has 0 aliphatic heterocycles. The Bertz CT molecular complexity index is 559. The molecule has 0 aliphatic rings. The molecule has 0 aromatic heterocycles. The number of hydrogen-bond acceptors (Lipinski definition) is 3. The van der Waals surface area contributed by atoms with Crippen LogP contribution in [0.2, 0.25) is 0 Å². The third-order valence-corrected chi connectivity index (χ3v) is 3.24. The fraction of sp³-hybridized carbons (Fsp3) is 0.294. The zero-order valence-corrected chi connectivity index (χ0v) is 11.8. The van der Waals surface area contributed by atoms with Crippen LogP contribution in [0.3, 0.4) is 0 Å². The fourth-order valence-corrected chi connectivity index (χ4v) is 2.35. The summed E-state index contributed by atoms with van der Waals surface area (Å²) in [6.45, 7) is 1.81. The molecule has 1 unspecified atom stereocenters. The van der Waals surface area contributed by atoms with E-state index in [1.807, 2.05) is 30.3 Å². The molecule has 2 N–H and O–H groups in total. The van der Waals surface area contributed by atoms with E-state index in [4.69, 9.17) is 4.74 Å². The summed E-state index contributed by atoms with van der Waals surface area (Å²) in [5, 5.41) is 20.0. The van der Waals surface area contributed by atoms with Gasteiger partial charge in [0.2, 0.25) is 0 Å². The van der Waals surface area contributed by atoms with Crippen molar-refractivity contribution in [1.82, 2.24) is 0 Å². The standard InChI is InChI=1S/C17H20O3/c1-17(19,12-14-4-3-5-15(18)10-14)11-13-6-8-16(20-2)9-7-13/h3-10,18-19H,11-12H2,1-2H3. The molecule has 2 aromatic rings. The van der Waals surface area contributed by atoms with E-state index in [2.05, 4.69) is 0 Å². The Hall–Kier alpha value is -2.00. The molecule has 0 fully saturated rings. The first-order valence-electron chi connectivity index (χ1n) is 6.62. The second kappa shape index (κ2) is 5.97. The van der Waals surface area contributed by atoms with Crippen LogP contribution in [-0.4, -0.2) is 22.9 Å². The van der Waals surface area contributed by atoms with Gasteiger partial charge in [-0.25, -0.2) is 0 Å². The smallest absolute Gasteiger partial charge is 0.118 e. The fourth-order valence-electron chi connectivity index (χ4n) is 2.35. The van der Waals surface area contributed by atoms with Gasteiger partial charge in [-0.15, -0.1) is 0 Å². The highest BCUT2D eigenvalue weighted by Gasteiger charge is 2.21. The topological polar surface area (TPSA) is 49.7 Å². The highest BCUT2D eigenvalue weighted by molar-refractivity contribution is 5.30. The minimum Gasteiger partial charge on any atom is -0.508 e. The zero-order chi connectivity index (χ0) is 14.6. The Kier molecular flexibility index (Phi) is 4.30. The summed E-state index contributed by atoms with van der Waals surface area (Å²) < 4.78 is 5.12. The van der Waals surface area contributed by atoms with Crippen LogP contribution in [0.15, 0.2) is 48.5 Å². The molecule has 0 spiro atoms. The third kappa shape index (κ3) is 4.00. The highest BCUT2D eigenvalue weighted by Crippen LogP contribution is 2.22. The van der Waals surface area contributed by atoms with Gasteiger partial charge in [-0.05, 0) is 42.3 Å². The molecule has 2 aromatic carbocycles. The van der Waals surface area contributed by atoms with E-state index in [-0.39, 0.29) is 5.75 Å². The lowest BCUT2D eigenvalue weighted by Crippen LogP contribution is -2.30. The van der Waals surface area contributed by atoms with Gasteiger partial charge in [0.15, 0.2) is 0 Å². The van der Waals surface area contributed by atoms with E-state index in [0.29, 0.717) is 12.8 Å². The molecule has 0 bridgehead atoms. The van der Waals surface area contributed by atoms with Crippen molar-refractivity contribution in [2.24, 2.45) is 0 Å². The van der Waals surface area contributed by atoms with Gasteiger partial charge >= 0.3 is 0 Å². The maximum atomic E-state index is 10.5. The first kappa shape index (κ1) is 14.4.